The van der Waals surface area contributed by atoms with E-state index in [4.69, 9.17) is 4.74 Å². The van der Waals surface area contributed by atoms with Crippen molar-refractivity contribution < 1.29 is 13.9 Å². The fourth-order valence-corrected chi connectivity index (χ4v) is 2.35. The summed E-state index contributed by atoms with van der Waals surface area (Å²) in [6.07, 6.45) is 2.52. The number of methoxy groups -OCH3 is 1. The van der Waals surface area contributed by atoms with E-state index in [0.717, 1.165) is 23.5 Å². The first-order chi connectivity index (χ1) is 12.0. The van der Waals surface area contributed by atoms with E-state index in [1.165, 1.54) is 13.2 Å². The molecule has 0 fully saturated rings. The van der Waals surface area contributed by atoms with Crippen LogP contribution in [0, 0.1) is 5.82 Å². The van der Waals surface area contributed by atoms with E-state index >= 15 is 0 Å². The number of aromatic nitrogens is 1. The van der Waals surface area contributed by atoms with Crippen molar-refractivity contribution in [1.82, 2.24) is 10.3 Å². The van der Waals surface area contributed by atoms with Crippen molar-refractivity contribution in [3.8, 4) is 5.75 Å². The van der Waals surface area contributed by atoms with Crippen molar-refractivity contribution in [2.24, 2.45) is 0 Å². The molecule has 1 N–H and O–H groups in total. The van der Waals surface area contributed by atoms with Crippen LogP contribution in [0.4, 0.5) is 10.2 Å². The standard InChI is InChI=1S/C19H24FN3O2/c1-4-23(2)18-12-15(9-10-21-18)13-22-19(24)8-6-14-5-7-17(25-3)16(20)11-14/h5,7,9-12H,4,6,8,13H2,1-3H3,(H,22,24). The lowest BCUT2D eigenvalue weighted by atomic mass is 10.1. The number of carbonyl (C=O) groups excluding carboxylic acids is 1. The third kappa shape index (κ3) is 5.45. The highest BCUT2D eigenvalue weighted by Crippen LogP contribution is 2.18. The van der Waals surface area contributed by atoms with Crippen LogP contribution in [-0.2, 0) is 17.8 Å². The van der Waals surface area contributed by atoms with Gasteiger partial charge in [0.15, 0.2) is 11.6 Å². The average Bonchev–Trinajstić information content (AvgIpc) is 2.64. The smallest absolute Gasteiger partial charge is 0.220 e. The van der Waals surface area contributed by atoms with Crippen LogP contribution in [0.15, 0.2) is 36.5 Å². The van der Waals surface area contributed by atoms with Crippen molar-refractivity contribution in [2.45, 2.75) is 26.3 Å². The van der Waals surface area contributed by atoms with Gasteiger partial charge in [-0.2, -0.15) is 0 Å². The summed E-state index contributed by atoms with van der Waals surface area (Å²) in [6.45, 7) is 3.36. The number of rotatable bonds is 8. The molecule has 0 unspecified atom stereocenters. The van der Waals surface area contributed by atoms with Crippen LogP contribution in [0.1, 0.15) is 24.5 Å². The van der Waals surface area contributed by atoms with Gasteiger partial charge < -0.3 is 15.0 Å². The summed E-state index contributed by atoms with van der Waals surface area (Å²) in [7, 11) is 3.40. The predicted octanol–water partition coefficient (Wildman–Crippen LogP) is 2.93. The van der Waals surface area contributed by atoms with Gasteiger partial charge in [0.25, 0.3) is 0 Å². The zero-order valence-corrected chi connectivity index (χ0v) is 14.9. The zero-order valence-electron chi connectivity index (χ0n) is 14.9. The lowest BCUT2D eigenvalue weighted by Gasteiger charge is -2.16. The van der Waals surface area contributed by atoms with E-state index in [1.807, 2.05) is 24.1 Å². The molecule has 0 atom stereocenters. The summed E-state index contributed by atoms with van der Waals surface area (Å²) in [5.41, 5.74) is 1.76. The maximum absolute atomic E-state index is 13.6. The molecule has 1 amide bonds. The van der Waals surface area contributed by atoms with Gasteiger partial charge in [0.2, 0.25) is 5.91 Å². The topological polar surface area (TPSA) is 54.5 Å². The minimum Gasteiger partial charge on any atom is -0.494 e. The minimum absolute atomic E-state index is 0.0709. The van der Waals surface area contributed by atoms with Crippen LogP contribution in [-0.4, -0.2) is 31.6 Å². The summed E-state index contributed by atoms with van der Waals surface area (Å²) in [4.78, 5) is 18.4. The first-order valence-corrected chi connectivity index (χ1v) is 8.28. The van der Waals surface area contributed by atoms with Gasteiger partial charge >= 0.3 is 0 Å². The van der Waals surface area contributed by atoms with Crippen LogP contribution in [0.2, 0.25) is 0 Å². The van der Waals surface area contributed by atoms with Crippen LogP contribution < -0.4 is 15.0 Å². The second-order valence-corrected chi connectivity index (χ2v) is 5.78. The molecule has 1 heterocycles. The number of aryl methyl sites for hydroxylation is 1. The number of nitrogens with one attached hydrogen (secondary N) is 1. The maximum Gasteiger partial charge on any atom is 0.220 e. The first kappa shape index (κ1) is 18.7. The quantitative estimate of drug-likeness (QED) is 0.799. The monoisotopic (exact) mass is 345 g/mol. The Morgan fingerprint density at radius 2 is 2.08 bits per heavy atom. The fourth-order valence-electron chi connectivity index (χ4n) is 2.35. The molecule has 0 aliphatic rings. The number of nitrogens with zero attached hydrogens (tertiary/aromatic N) is 2. The van der Waals surface area contributed by atoms with Crippen LogP contribution in [0.5, 0.6) is 5.75 Å². The summed E-state index contributed by atoms with van der Waals surface area (Å²) in [5, 5.41) is 2.89. The Labute approximate surface area is 147 Å². The molecule has 0 aliphatic heterocycles. The Kier molecular flexibility index (Phi) is 6.74. The molecule has 0 saturated carbocycles. The van der Waals surface area contributed by atoms with E-state index < -0.39 is 5.82 Å². The average molecular weight is 345 g/mol. The number of benzene rings is 1. The molecule has 0 radical (unpaired) electrons. The molecule has 0 bridgehead atoms. The van der Waals surface area contributed by atoms with Gasteiger partial charge in [-0.25, -0.2) is 9.37 Å². The van der Waals surface area contributed by atoms with Crippen LogP contribution in [0.25, 0.3) is 0 Å². The lowest BCUT2D eigenvalue weighted by molar-refractivity contribution is -0.121. The molecule has 134 valence electrons. The number of amides is 1. The number of carbonyl (C=O) groups is 1. The van der Waals surface area contributed by atoms with E-state index in [2.05, 4.69) is 17.2 Å². The zero-order chi connectivity index (χ0) is 18.2. The summed E-state index contributed by atoms with van der Waals surface area (Å²) in [5.74, 6) is 0.602. The highest BCUT2D eigenvalue weighted by Gasteiger charge is 2.07. The Balaban J connectivity index is 1.84. The molecule has 1 aromatic carbocycles. The third-order valence-corrected chi connectivity index (χ3v) is 4.02. The van der Waals surface area contributed by atoms with Crippen molar-refractivity contribution in [3.63, 3.8) is 0 Å². The second-order valence-electron chi connectivity index (χ2n) is 5.78. The highest BCUT2D eigenvalue weighted by molar-refractivity contribution is 5.76. The van der Waals surface area contributed by atoms with Crippen LogP contribution >= 0.6 is 0 Å². The van der Waals surface area contributed by atoms with E-state index in [1.54, 1.807) is 18.3 Å². The van der Waals surface area contributed by atoms with Crippen LogP contribution in [0.3, 0.4) is 0 Å². The predicted molar refractivity (Wildman–Crippen MR) is 96.3 cm³/mol. The number of ether oxygens (including phenoxy) is 1. The molecular weight excluding hydrogens is 321 g/mol. The molecule has 5 nitrogen and oxygen atoms in total. The molecule has 6 heteroatoms. The lowest BCUT2D eigenvalue weighted by Crippen LogP contribution is -2.23. The van der Waals surface area contributed by atoms with Crippen molar-refractivity contribution in [3.05, 3.63) is 53.5 Å². The number of hydrogen-bond acceptors (Lipinski definition) is 4. The van der Waals surface area contributed by atoms with Gasteiger partial charge in [0, 0.05) is 32.8 Å². The van der Waals surface area contributed by atoms with Gasteiger partial charge in [-0.15, -0.1) is 0 Å². The molecule has 0 aliphatic carbocycles. The Morgan fingerprint density at radius 1 is 1.28 bits per heavy atom. The van der Waals surface area contributed by atoms with Gasteiger partial charge in [0.1, 0.15) is 5.82 Å². The number of pyridine rings is 1. The van der Waals surface area contributed by atoms with Crippen molar-refractivity contribution in [2.75, 3.05) is 25.6 Å². The largest absolute Gasteiger partial charge is 0.494 e. The normalized spacial score (nSPS) is 10.4. The van der Waals surface area contributed by atoms with Gasteiger partial charge in [-0.05, 0) is 48.7 Å². The molecule has 1 aromatic heterocycles. The number of anilines is 1. The Morgan fingerprint density at radius 3 is 2.76 bits per heavy atom. The molecule has 0 spiro atoms. The maximum atomic E-state index is 13.6. The molecule has 0 saturated heterocycles. The van der Waals surface area contributed by atoms with Gasteiger partial charge in [-0.3, -0.25) is 4.79 Å². The Bertz CT molecular complexity index is 722. The SMILES string of the molecule is CCN(C)c1cc(CNC(=O)CCc2ccc(OC)c(F)c2)ccn1. The molecule has 25 heavy (non-hydrogen) atoms. The first-order valence-electron chi connectivity index (χ1n) is 8.28. The summed E-state index contributed by atoms with van der Waals surface area (Å²) in [6, 6.07) is 8.59. The van der Waals surface area contributed by atoms with E-state index in [-0.39, 0.29) is 11.7 Å². The Hall–Kier alpha value is -2.63. The van der Waals surface area contributed by atoms with E-state index in [9.17, 15) is 9.18 Å². The van der Waals surface area contributed by atoms with Gasteiger partial charge in [0.05, 0.1) is 7.11 Å². The number of halogens is 1. The fraction of sp³-hybridized carbons (Fsp3) is 0.368. The molecule has 2 aromatic rings. The second kappa shape index (κ2) is 9.01. The highest BCUT2D eigenvalue weighted by atomic mass is 19.1. The summed E-state index contributed by atoms with van der Waals surface area (Å²) >= 11 is 0. The summed E-state index contributed by atoms with van der Waals surface area (Å²) < 4.78 is 18.5. The van der Waals surface area contributed by atoms with Gasteiger partial charge in [-0.1, -0.05) is 6.07 Å². The van der Waals surface area contributed by atoms with Crippen molar-refractivity contribution >= 4 is 11.7 Å². The molecular formula is C19H24FN3O2. The molecule has 2 rings (SSSR count). The third-order valence-electron chi connectivity index (χ3n) is 4.02. The minimum atomic E-state index is -0.412. The van der Waals surface area contributed by atoms with Crippen molar-refractivity contribution in [1.29, 1.82) is 0 Å². The van der Waals surface area contributed by atoms with E-state index in [0.29, 0.717) is 19.4 Å². The number of hydrogen-bond donors (Lipinski definition) is 1.